The van der Waals surface area contributed by atoms with Crippen LogP contribution < -0.4 is 10.6 Å². The van der Waals surface area contributed by atoms with Crippen molar-refractivity contribution in [2.24, 2.45) is 0 Å². The number of carbonyl (C=O) groups is 1. The molecule has 0 aliphatic rings. The molecule has 4 aromatic carbocycles. The van der Waals surface area contributed by atoms with Gasteiger partial charge in [-0.1, -0.05) is 60.7 Å². The van der Waals surface area contributed by atoms with Crippen molar-refractivity contribution in [3.63, 3.8) is 0 Å². The molecular formula is C25H20N2O. The molecule has 0 spiro atoms. The SMILES string of the molecule is O=C(/C=C/Nc1ccc(Nc2ccccc2)cc1)c1cccc2ccccc12. The zero-order valence-corrected chi connectivity index (χ0v) is 15.3. The number of para-hydroxylation sites is 1. The van der Waals surface area contributed by atoms with Crippen LogP contribution in [0.2, 0.25) is 0 Å². The molecule has 28 heavy (non-hydrogen) atoms. The summed E-state index contributed by atoms with van der Waals surface area (Å²) in [4.78, 5) is 12.6. The number of nitrogens with one attached hydrogen (secondary N) is 2. The topological polar surface area (TPSA) is 41.1 Å². The molecule has 0 bridgehead atoms. The maximum absolute atomic E-state index is 12.6. The van der Waals surface area contributed by atoms with Gasteiger partial charge in [-0.2, -0.15) is 0 Å². The van der Waals surface area contributed by atoms with Gasteiger partial charge in [0.05, 0.1) is 0 Å². The summed E-state index contributed by atoms with van der Waals surface area (Å²) in [6.07, 6.45) is 3.25. The van der Waals surface area contributed by atoms with E-state index in [1.165, 1.54) is 0 Å². The molecular weight excluding hydrogens is 344 g/mol. The zero-order valence-electron chi connectivity index (χ0n) is 15.3. The molecule has 3 heteroatoms. The van der Waals surface area contributed by atoms with E-state index in [0.717, 1.165) is 27.8 Å². The van der Waals surface area contributed by atoms with Gasteiger partial charge >= 0.3 is 0 Å². The maximum Gasteiger partial charge on any atom is 0.187 e. The fraction of sp³-hybridized carbons (Fsp3) is 0. The number of fused-ring (bicyclic) bond motifs is 1. The van der Waals surface area contributed by atoms with Gasteiger partial charge in [0.15, 0.2) is 5.78 Å². The molecule has 4 aromatic rings. The van der Waals surface area contributed by atoms with E-state index in [9.17, 15) is 4.79 Å². The molecule has 0 heterocycles. The predicted molar refractivity (Wildman–Crippen MR) is 117 cm³/mol. The Balaban J connectivity index is 1.41. The second kappa shape index (κ2) is 8.23. The number of carbonyl (C=O) groups excluding carboxylic acids is 1. The van der Waals surface area contributed by atoms with Crippen molar-refractivity contribution in [2.75, 3.05) is 10.6 Å². The summed E-state index contributed by atoms with van der Waals surface area (Å²) in [5.74, 6) is -0.0216. The molecule has 4 rings (SSSR count). The molecule has 0 fully saturated rings. The summed E-state index contributed by atoms with van der Waals surface area (Å²) >= 11 is 0. The van der Waals surface area contributed by atoms with Gasteiger partial charge < -0.3 is 10.6 Å². The van der Waals surface area contributed by atoms with Crippen LogP contribution in [-0.2, 0) is 0 Å². The highest BCUT2D eigenvalue weighted by Crippen LogP contribution is 2.20. The lowest BCUT2D eigenvalue weighted by atomic mass is 10.0. The monoisotopic (exact) mass is 364 g/mol. The van der Waals surface area contributed by atoms with Crippen LogP contribution in [-0.4, -0.2) is 5.78 Å². The Morgan fingerprint density at radius 1 is 0.643 bits per heavy atom. The highest BCUT2D eigenvalue weighted by molar-refractivity contribution is 6.13. The van der Waals surface area contributed by atoms with Crippen molar-refractivity contribution in [2.45, 2.75) is 0 Å². The quantitative estimate of drug-likeness (QED) is 0.307. The van der Waals surface area contributed by atoms with Crippen LogP contribution in [0.4, 0.5) is 17.1 Å². The second-order valence-corrected chi connectivity index (χ2v) is 6.44. The van der Waals surface area contributed by atoms with E-state index in [4.69, 9.17) is 0 Å². The van der Waals surface area contributed by atoms with Crippen LogP contribution in [0.25, 0.3) is 10.8 Å². The standard InChI is InChI=1S/C25H20N2O/c28-25(24-12-6-8-19-7-4-5-11-23(19)24)17-18-26-20-13-15-22(16-14-20)27-21-9-2-1-3-10-21/h1-18,26-27H/b18-17+. The summed E-state index contributed by atoms with van der Waals surface area (Å²) in [6, 6.07) is 31.7. The van der Waals surface area contributed by atoms with Gasteiger partial charge in [-0.3, -0.25) is 4.79 Å². The van der Waals surface area contributed by atoms with Gasteiger partial charge in [0.1, 0.15) is 0 Å². The van der Waals surface area contributed by atoms with E-state index in [0.29, 0.717) is 5.56 Å². The Morgan fingerprint density at radius 3 is 2.11 bits per heavy atom. The summed E-state index contributed by atoms with van der Waals surface area (Å²) in [6.45, 7) is 0. The maximum atomic E-state index is 12.6. The first-order valence-corrected chi connectivity index (χ1v) is 9.17. The third kappa shape index (κ3) is 4.10. The summed E-state index contributed by atoms with van der Waals surface area (Å²) in [5, 5.41) is 8.53. The molecule has 0 radical (unpaired) electrons. The van der Waals surface area contributed by atoms with Crippen molar-refractivity contribution in [1.29, 1.82) is 0 Å². The normalized spacial score (nSPS) is 10.9. The third-order valence-electron chi connectivity index (χ3n) is 4.49. The molecule has 136 valence electrons. The molecule has 0 aliphatic heterocycles. The van der Waals surface area contributed by atoms with E-state index in [2.05, 4.69) is 10.6 Å². The minimum atomic E-state index is -0.0216. The highest BCUT2D eigenvalue weighted by atomic mass is 16.1. The number of benzene rings is 4. The van der Waals surface area contributed by atoms with Crippen molar-refractivity contribution in [3.05, 3.63) is 115 Å². The Kier molecular flexibility index (Phi) is 5.16. The molecule has 2 N–H and O–H groups in total. The van der Waals surface area contributed by atoms with Crippen LogP contribution in [0.5, 0.6) is 0 Å². The number of hydrogen-bond donors (Lipinski definition) is 2. The smallest absolute Gasteiger partial charge is 0.187 e. The van der Waals surface area contributed by atoms with Gasteiger partial charge in [0.2, 0.25) is 0 Å². The van der Waals surface area contributed by atoms with E-state index in [1.54, 1.807) is 12.3 Å². The molecule has 0 atom stereocenters. The molecule has 0 aromatic heterocycles. The molecule has 0 unspecified atom stereocenters. The molecule has 0 amide bonds. The third-order valence-corrected chi connectivity index (χ3v) is 4.49. The minimum Gasteiger partial charge on any atom is -0.362 e. The van der Waals surface area contributed by atoms with Crippen molar-refractivity contribution in [3.8, 4) is 0 Å². The Morgan fingerprint density at radius 2 is 1.29 bits per heavy atom. The van der Waals surface area contributed by atoms with Crippen molar-refractivity contribution in [1.82, 2.24) is 0 Å². The summed E-state index contributed by atoms with van der Waals surface area (Å²) in [5.41, 5.74) is 3.68. The first-order valence-electron chi connectivity index (χ1n) is 9.17. The molecule has 0 aliphatic carbocycles. The zero-order chi connectivity index (χ0) is 19.2. The average Bonchev–Trinajstić information content (AvgIpc) is 2.75. The van der Waals surface area contributed by atoms with E-state index < -0.39 is 0 Å². The Hall–Kier alpha value is -3.85. The number of rotatable bonds is 6. The van der Waals surface area contributed by atoms with Crippen molar-refractivity contribution >= 4 is 33.6 Å². The van der Waals surface area contributed by atoms with Crippen LogP contribution in [0, 0.1) is 0 Å². The van der Waals surface area contributed by atoms with Crippen LogP contribution >= 0.6 is 0 Å². The van der Waals surface area contributed by atoms with Gasteiger partial charge in [0.25, 0.3) is 0 Å². The van der Waals surface area contributed by atoms with Crippen LogP contribution in [0.3, 0.4) is 0 Å². The number of hydrogen-bond acceptors (Lipinski definition) is 3. The highest BCUT2D eigenvalue weighted by Gasteiger charge is 2.06. The lowest BCUT2D eigenvalue weighted by Crippen LogP contribution is -1.97. The minimum absolute atomic E-state index is 0.0216. The van der Waals surface area contributed by atoms with Crippen molar-refractivity contribution < 1.29 is 4.79 Å². The summed E-state index contributed by atoms with van der Waals surface area (Å²) < 4.78 is 0. The lowest BCUT2D eigenvalue weighted by molar-refractivity contribution is 0.104. The van der Waals surface area contributed by atoms with Gasteiger partial charge in [-0.05, 0) is 47.2 Å². The van der Waals surface area contributed by atoms with Crippen LogP contribution in [0.1, 0.15) is 10.4 Å². The second-order valence-electron chi connectivity index (χ2n) is 6.44. The largest absolute Gasteiger partial charge is 0.362 e. The predicted octanol–water partition coefficient (Wildman–Crippen LogP) is 6.39. The number of anilines is 3. The first-order chi connectivity index (χ1) is 13.8. The fourth-order valence-electron chi connectivity index (χ4n) is 3.08. The molecule has 3 nitrogen and oxygen atoms in total. The molecule has 0 saturated heterocycles. The fourth-order valence-corrected chi connectivity index (χ4v) is 3.08. The number of allylic oxidation sites excluding steroid dienone is 1. The average molecular weight is 364 g/mol. The van der Waals surface area contributed by atoms with Gasteiger partial charge in [-0.25, -0.2) is 0 Å². The molecule has 0 saturated carbocycles. The first kappa shape index (κ1) is 17.6. The van der Waals surface area contributed by atoms with E-state index >= 15 is 0 Å². The van der Waals surface area contributed by atoms with Crippen LogP contribution in [0.15, 0.2) is 109 Å². The Labute approximate surface area is 164 Å². The van der Waals surface area contributed by atoms with E-state index in [1.807, 2.05) is 97.1 Å². The summed E-state index contributed by atoms with van der Waals surface area (Å²) in [7, 11) is 0. The van der Waals surface area contributed by atoms with Gasteiger partial charge in [-0.15, -0.1) is 0 Å². The number of ketones is 1. The lowest BCUT2D eigenvalue weighted by Gasteiger charge is -2.07. The van der Waals surface area contributed by atoms with E-state index in [-0.39, 0.29) is 5.78 Å². The Bertz CT molecular complexity index is 1110. The van der Waals surface area contributed by atoms with Gasteiger partial charge in [0, 0.05) is 34.9 Å².